The number of carbonyl (C=O) groups is 2. The molecule has 0 aromatic heterocycles. The number of rotatable bonds is 6. The summed E-state index contributed by atoms with van der Waals surface area (Å²) in [6.07, 6.45) is 0. The molecule has 0 heterocycles. The number of esters is 1. The van der Waals surface area contributed by atoms with E-state index in [4.69, 9.17) is 4.74 Å². The van der Waals surface area contributed by atoms with Crippen molar-refractivity contribution in [1.29, 1.82) is 0 Å². The molecule has 3 rings (SSSR count). The van der Waals surface area contributed by atoms with Gasteiger partial charge in [0.15, 0.2) is 5.78 Å². The van der Waals surface area contributed by atoms with Crippen LogP contribution in [0, 0.1) is 17.0 Å². The molecule has 3 aromatic rings. The van der Waals surface area contributed by atoms with E-state index in [-0.39, 0.29) is 23.6 Å². The van der Waals surface area contributed by atoms with Crippen LogP contribution in [0.5, 0.6) is 0 Å². The number of ketones is 1. The van der Waals surface area contributed by atoms with E-state index in [2.05, 4.69) is 0 Å². The Kier molecular flexibility index (Phi) is 5.60. The molecule has 3 aromatic carbocycles. The first kappa shape index (κ1) is 19.0. The van der Waals surface area contributed by atoms with Gasteiger partial charge in [-0.1, -0.05) is 48.5 Å². The average molecular weight is 375 g/mol. The maximum Gasteiger partial charge on any atom is 0.338 e. The van der Waals surface area contributed by atoms with E-state index in [1.807, 2.05) is 6.07 Å². The van der Waals surface area contributed by atoms with Crippen LogP contribution in [0.25, 0.3) is 0 Å². The lowest BCUT2D eigenvalue weighted by Gasteiger charge is -2.08. The molecule has 0 saturated heterocycles. The number of benzene rings is 3. The fourth-order valence-corrected chi connectivity index (χ4v) is 2.78. The van der Waals surface area contributed by atoms with Crippen molar-refractivity contribution >= 4 is 17.4 Å². The Morgan fingerprint density at radius 3 is 2.29 bits per heavy atom. The molecule has 0 amide bonds. The molecule has 0 saturated carbocycles. The summed E-state index contributed by atoms with van der Waals surface area (Å²) in [5, 5.41) is 10.9. The van der Waals surface area contributed by atoms with Gasteiger partial charge in [0, 0.05) is 22.8 Å². The Morgan fingerprint density at radius 1 is 0.893 bits per heavy atom. The molecule has 6 nitrogen and oxygen atoms in total. The highest BCUT2D eigenvalue weighted by molar-refractivity contribution is 6.09. The number of carbonyl (C=O) groups excluding carboxylic acids is 2. The quantitative estimate of drug-likeness (QED) is 0.274. The first-order valence-corrected chi connectivity index (χ1v) is 8.56. The van der Waals surface area contributed by atoms with E-state index in [9.17, 15) is 19.7 Å². The zero-order valence-electron chi connectivity index (χ0n) is 15.1. The molecular formula is C22H17NO5. The van der Waals surface area contributed by atoms with Crippen molar-refractivity contribution in [2.24, 2.45) is 0 Å². The summed E-state index contributed by atoms with van der Waals surface area (Å²) in [6, 6.07) is 19.9. The molecule has 0 fully saturated rings. The third kappa shape index (κ3) is 4.29. The summed E-state index contributed by atoms with van der Waals surface area (Å²) >= 11 is 0. The Morgan fingerprint density at radius 2 is 1.61 bits per heavy atom. The van der Waals surface area contributed by atoms with Gasteiger partial charge in [0.2, 0.25) is 0 Å². The molecular weight excluding hydrogens is 358 g/mol. The first-order valence-electron chi connectivity index (χ1n) is 8.56. The van der Waals surface area contributed by atoms with Crippen LogP contribution in [0.2, 0.25) is 0 Å². The standard InChI is InChI=1S/C22H17NO5/c1-15-12-19(10-11-20(15)23(26)27)22(25)28-14-16-6-5-9-18(13-16)21(24)17-7-3-2-4-8-17/h2-13H,14H2,1H3. The maximum atomic E-state index is 12.5. The van der Waals surface area contributed by atoms with Gasteiger partial charge in [-0.2, -0.15) is 0 Å². The van der Waals surface area contributed by atoms with Gasteiger partial charge in [0.05, 0.1) is 10.5 Å². The number of hydrogen-bond donors (Lipinski definition) is 0. The molecule has 0 bridgehead atoms. The van der Waals surface area contributed by atoms with Crippen molar-refractivity contribution in [2.45, 2.75) is 13.5 Å². The first-order chi connectivity index (χ1) is 13.5. The van der Waals surface area contributed by atoms with Crippen molar-refractivity contribution in [3.8, 4) is 0 Å². The van der Waals surface area contributed by atoms with Gasteiger partial charge >= 0.3 is 5.97 Å². The molecule has 6 heteroatoms. The minimum Gasteiger partial charge on any atom is -0.457 e. The van der Waals surface area contributed by atoms with Crippen LogP contribution in [-0.4, -0.2) is 16.7 Å². The number of aryl methyl sites for hydroxylation is 1. The molecule has 0 aliphatic heterocycles. The largest absolute Gasteiger partial charge is 0.457 e. The summed E-state index contributed by atoms with van der Waals surface area (Å²) in [6.45, 7) is 1.55. The highest BCUT2D eigenvalue weighted by Crippen LogP contribution is 2.20. The van der Waals surface area contributed by atoms with Crippen LogP contribution in [-0.2, 0) is 11.3 Å². The normalized spacial score (nSPS) is 10.3. The van der Waals surface area contributed by atoms with Gasteiger partial charge in [0.1, 0.15) is 6.61 Å². The van der Waals surface area contributed by atoms with Gasteiger partial charge < -0.3 is 4.74 Å². The lowest BCUT2D eigenvalue weighted by atomic mass is 10.0. The third-order valence-corrected chi connectivity index (χ3v) is 4.22. The average Bonchev–Trinajstić information content (AvgIpc) is 2.72. The zero-order valence-corrected chi connectivity index (χ0v) is 15.1. The smallest absolute Gasteiger partial charge is 0.338 e. The number of hydrogen-bond acceptors (Lipinski definition) is 5. The predicted octanol–water partition coefficient (Wildman–Crippen LogP) is 4.49. The number of nitro groups is 1. The van der Waals surface area contributed by atoms with E-state index in [1.165, 1.54) is 18.2 Å². The summed E-state index contributed by atoms with van der Waals surface area (Å²) in [5.74, 6) is -0.697. The van der Waals surface area contributed by atoms with Crippen LogP contribution in [0.1, 0.15) is 37.4 Å². The second kappa shape index (κ2) is 8.26. The Balaban J connectivity index is 1.70. The second-order valence-electron chi connectivity index (χ2n) is 6.23. The number of nitro benzene ring substituents is 1. The summed E-state index contributed by atoms with van der Waals surface area (Å²) in [5.41, 5.74) is 2.33. The topological polar surface area (TPSA) is 86.5 Å². The maximum absolute atomic E-state index is 12.5. The van der Waals surface area contributed by atoms with Crippen LogP contribution in [0.3, 0.4) is 0 Å². The van der Waals surface area contributed by atoms with Gasteiger partial charge in [0.25, 0.3) is 5.69 Å². The van der Waals surface area contributed by atoms with Gasteiger partial charge in [-0.05, 0) is 30.7 Å². The predicted molar refractivity (Wildman–Crippen MR) is 103 cm³/mol. The molecule has 0 spiro atoms. The van der Waals surface area contributed by atoms with Crippen molar-refractivity contribution in [3.63, 3.8) is 0 Å². The lowest BCUT2D eigenvalue weighted by Crippen LogP contribution is -2.07. The molecule has 0 aliphatic carbocycles. The molecule has 0 unspecified atom stereocenters. The minimum absolute atomic E-state index is 0.00915. The van der Waals surface area contributed by atoms with Crippen LogP contribution in [0.4, 0.5) is 5.69 Å². The highest BCUT2D eigenvalue weighted by atomic mass is 16.6. The molecule has 28 heavy (non-hydrogen) atoms. The molecule has 0 aliphatic rings. The lowest BCUT2D eigenvalue weighted by molar-refractivity contribution is -0.385. The van der Waals surface area contributed by atoms with Crippen LogP contribution < -0.4 is 0 Å². The van der Waals surface area contributed by atoms with E-state index < -0.39 is 10.9 Å². The molecule has 140 valence electrons. The van der Waals surface area contributed by atoms with E-state index >= 15 is 0 Å². The summed E-state index contributed by atoms with van der Waals surface area (Å²) in [7, 11) is 0. The van der Waals surface area contributed by atoms with Crippen molar-refractivity contribution in [3.05, 3.63) is 111 Å². The molecule has 0 radical (unpaired) electrons. The second-order valence-corrected chi connectivity index (χ2v) is 6.23. The minimum atomic E-state index is -0.585. The van der Waals surface area contributed by atoms with Crippen molar-refractivity contribution in [1.82, 2.24) is 0 Å². The fraction of sp³-hybridized carbons (Fsp3) is 0.0909. The Bertz CT molecular complexity index is 1040. The summed E-state index contributed by atoms with van der Waals surface area (Å²) in [4.78, 5) is 35.1. The number of ether oxygens (including phenoxy) is 1. The fourth-order valence-electron chi connectivity index (χ4n) is 2.78. The highest BCUT2D eigenvalue weighted by Gasteiger charge is 2.15. The van der Waals surface area contributed by atoms with Gasteiger partial charge in [-0.25, -0.2) is 4.79 Å². The zero-order chi connectivity index (χ0) is 20.1. The van der Waals surface area contributed by atoms with Gasteiger partial charge in [-0.3, -0.25) is 14.9 Å². The number of nitrogens with zero attached hydrogens (tertiary/aromatic N) is 1. The van der Waals surface area contributed by atoms with Gasteiger partial charge in [-0.15, -0.1) is 0 Å². The Labute approximate surface area is 161 Å². The third-order valence-electron chi connectivity index (χ3n) is 4.22. The van der Waals surface area contributed by atoms with E-state index in [1.54, 1.807) is 55.5 Å². The van der Waals surface area contributed by atoms with Crippen molar-refractivity contribution in [2.75, 3.05) is 0 Å². The summed E-state index contributed by atoms with van der Waals surface area (Å²) < 4.78 is 5.29. The molecule has 0 N–H and O–H groups in total. The van der Waals surface area contributed by atoms with Crippen LogP contribution >= 0.6 is 0 Å². The van der Waals surface area contributed by atoms with E-state index in [0.717, 1.165) is 0 Å². The molecule has 0 atom stereocenters. The van der Waals surface area contributed by atoms with E-state index in [0.29, 0.717) is 22.3 Å². The monoisotopic (exact) mass is 375 g/mol. The Hall–Kier alpha value is -3.80. The SMILES string of the molecule is Cc1cc(C(=O)OCc2cccc(C(=O)c3ccccc3)c2)ccc1[N+](=O)[O-]. The van der Waals surface area contributed by atoms with Crippen molar-refractivity contribution < 1.29 is 19.2 Å². The van der Waals surface area contributed by atoms with Crippen LogP contribution in [0.15, 0.2) is 72.8 Å².